The number of hydrogen-bond donors (Lipinski definition) is 0. The summed E-state index contributed by atoms with van der Waals surface area (Å²) in [6, 6.07) is 27.8. The first kappa shape index (κ1) is 18.7. The first-order valence-electron chi connectivity index (χ1n) is 9.58. The van der Waals surface area contributed by atoms with Crippen LogP contribution in [0.25, 0.3) is 22.0 Å². The van der Waals surface area contributed by atoms with Crippen LogP contribution in [0.1, 0.15) is 23.0 Å². The van der Waals surface area contributed by atoms with Gasteiger partial charge < -0.3 is 9.47 Å². The van der Waals surface area contributed by atoms with Crippen molar-refractivity contribution in [3.63, 3.8) is 0 Å². The number of nitrogens with zero attached hydrogens (tertiary/aromatic N) is 1. The van der Waals surface area contributed by atoms with Gasteiger partial charge in [-0.2, -0.15) is 0 Å². The van der Waals surface area contributed by atoms with E-state index in [9.17, 15) is 4.79 Å². The third kappa shape index (κ3) is 4.27. The van der Waals surface area contributed by atoms with E-state index in [1.807, 2.05) is 84.9 Å². The normalized spacial score (nSPS) is 10.7. The highest BCUT2D eigenvalue weighted by atomic mass is 16.5. The first-order chi connectivity index (χ1) is 14.2. The first-order valence-corrected chi connectivity index (χ1v) is 9.58. The molecular weight excluding hydrogens is 362 g/mol. The molecule has 4 aromatic rings. The molecule has 0 atom stereocenters. The maximum absolute atomic E-state index is 12.5. The van der Waals surface area contributed by atoms with E-state index >= 15 is 0 Å². The van der Waals surface area contributed by atoms with Gasteiger partial charge in [0.2, 0.25) is 0 Å². The topological polar surface area (TPSA) is 48.4 Å². The van der Waals surface area contributed by atoms with Gasteiger partial charge in [-0.1, -0.05) is 72.8 Å². The average molecular weight is 383 g/mol. The number of carbonyl (C=O) groups is 1. The van der Waals surface area contributed by atoms with Gasteiger partial charge in [0.1, 0.15) is 6.61 Å². The Hall–Kier alpha value is -3.66. The van der Waals surface area contributed by atoms with Crippen LogP contribution in [0.2, 0.25) is 0 Å². The van der Waals surface area contributed by atoms with E-state index in [0.717, 1.165) is 27.6 Å². The quantitative estimate of drug-likeness (QED) is 0.403. The highest BCUT2D eigenvalue weighted by molar-refractivity contribution is 5.95. The number of fused-ring (bicyclic) bond motifs is 1. The Morgan fingerprint density at radius 2 is 1.59 bits per heavy atom. The number of aromatic nitrogens is 1. The van der Waals surface area contributed by atoms with Gasteiger partial charge in [0.25, 0.3) is 0 Å². The Labute approximate surface area is 169 Å². The molecule has 4 nitrogen and oxygen atoms in total. The predicted molar refractivity (Wildman–Crippen MR) is 114 cm³/mol. The summed E-state index contributed by atoms with van der Waals surface area (Å²) >= 11 is 0. The van der Waals surface area contributed by atoms with Crippen molar-refractivity contribution < 1.29 is 14.3 Å². The molecule has 3 aromatic carbocycles. The van der Waals surface area contributed by atoms with E-state index in [-0.39, 0.29) is 12.3 Å². The second kappa shape index (κ2) is 8.57. The fourth-order valence-corrected chi connectivity index (χ4v) is 3.15. The van der Waals surface area contributed by atoms with Crippen molar-refractivity contribution in [2.75, 3.05) is 6.61 Å². The third-order valence-corrected chi connectivity index (χ3v) is 4.60. The van der Waals surface area contributed by atoms with Crippen LogP contribution in [0.15, 0.2) is 84.9 Å². The summed E-state index contributed by atoms with van der Waals surface area (Å²) in [4.78, 5) is 17.1. The fraction of sp³-hybridized carbons (Fsp3) is 0.120. The van der Waals surface area contributed by atoms with Crippen LogP contribution in [-0.4, -0.2) is 17.6 Å². The zero-order valence-electron chi connectivity index (χ0n) is 16.2. The Bertz CT molecular complexity index is 1120. The summed E-state index contributed by atoms with van der Waals surface area (Å²) in [5, 5.41) is 0.904. The molecule has 1 heterocycles. The molecule has 0 bridgehead atoms. The van der Waals surface area contributed by atoms with Crippen molar-refractivity contribution in [1.29, 1.82) is 0 Å². The van der Waals surface area contributed by atoms with Gasteiger partial charge in [-0.3, -0.25) is 0 Å². The molecule has 0 aliphatic carbocycles. The summed E-state index contributed by atoms with van der Waals surface area (Å²) < 4.78 is 11.2. The minimum absolute atomic E-state index is 0.195. The lowest BCUT2D eigenvalue weighted by molar-refractivity contribution is 0.0514. The van der Waals surface area contributed by atoms with E-state index < -0.39 is 5.97 Å². The Kier molecular flexibility index (Phi) is 5.52. The number of rotatable bonds is 6. The molecule has 4 heteroatoms. The van der Waals surface area contributed by atoms with Crippen molar-refractivity contribution in [1.82, 2.24) is 4.98 Å². The fourth-order valence-electron chi connectivity index (χ4n) is 3.15. The highest BCUT2D eigenvalue weighted by Crippen LogP contribution is 2.28. The number of ether oxygens (including phenoxy) is 2. The van der Waals surface area contributed by atoms with Crippen LogP contribution in [0.3, 0.4) is 0 Å². The molecule has 0 spiro atoms. The zero-order chi connectivity index (χ0) is 20.1. The van der Waals surface area contributed by atoms with Crippen molar-refractivity contribution >= 4 is 16.9 Å². The van der Waals surface area contributed by atoms with Gasteiger partial charge in [0.15, 0.2) is 11.4 Å². The van der Waals surface area contributed by atoms with E-state index in [2.05, 4.69) is 4.98 Å². The second-order valence-corrected chi connectivity index (χ2v) is 6.60. The maximum atomic E-state index is 12.5. The van der Waals surface area contributed by atoms with E-state index in [0.29, 0.717) is 12.4 Å². The van der Waals surface area contributed by atoms with Crippen molar-refractivity contribution in [3.05, 3.63) is 96.2 Å². The molecule has 0 fully saturated rings. The smallest absolute Gasteiger partial charge is 0.360 e. The number of pyridine rings is 1. The standard InChI is InChI=1S/C25H21NO3/c1-2-28-25(27)24-23(29-17-18-9-5-3-6-10-18)16-21-14-13-20(15-22(21)26-24)19-11-7-4-8-12-19/h3-16H,2,17H2,1H3. The Morgan fingerprint density at radius 1 is 0.862 bits per heavy atom. The molecule has 0 radical (unpaired) electrons. The lowest BCUT2D eigenvalue weighted by atomic mass is 10.0. The van der Waals surface area contributed by atoms with Crippen LogP contribution in [0.4, 0.5) is 0 Å². The van der Waals surface area contributed by atoms with Gasteiger partial charge in [-0.25, -0.2) is 9.78 Å². The molecule has 0 aliphatic rings. The molecule has 1 aromatic heterocycles. The lowest BCUT2D eigenvalue weighted by Crippen LogP contribution is -2.10. The summed E-state index contributed by atoms with van der Waals surface area (Å²) in [5.41, 5.74) is 4.07. The van der Waals surface area contributed by atoms with Crippen molar-refractivity contribution in [2.24, 2.45) is 0 Å². The largest absolute Gasteiger partial charge is 0.486 e. The Balaban J connectivity index is 1.73. The second-order valence-electron chi connectivity index (χ2n) is 6.60. The maximum Gasteiger partial charge on any atom is 0.360 e. The molecule has 0 amide bonds. The Morgan fingerprint density at radius 3 is 2.31 bits per heavy atom. The molecule has 29 heavy (non-hydrogen) atoms. The number of esters is 1. The summed E-state index contributed by atoms with van der Waals surface area (Å²) in [6.07, 6.45) is 0. The minimum atomic E-state index is -0.484. The molecule has 0 aliphatic heterocycles. The van der Waals surface area contributed by atoms with Crippen LogP contribution >= 0.6 is 0 Å². The number of benzene rings is 3. The number of hydrogen-bond acceptors (Lipinski definition) is 4. The molecular formula is C25H21NO3. The molecule has 0 unspecified atom stereocenters. The highest BCUT2D eigenvalue weighted by Gasteiger charge is 2.18. The van der Waals surface area contributed by atoms with Crippen molar-refractivity contribution in [3.8, 4) is 16.9 Å². The van der Waals surface area contributed by atoms with Gasteiger partial charge in [0, 0.05) is 5.39 Å². The average Bonchev–Trinajstić information content (AvgIpc) is 2.78. The van der Waals surface area contributed by atoms with Crippen LogP contribution in [0, 0.1) is 0 Å². The molecule has 0 saturated heterocycles. The molecule has 0 N–H and O–H groups in total. The lowest BCUT2D eigenvalue weighted by Gasteiger charge is -2.12. The third-order valence-electron chi connectivity index (χ3n) is 4.60. The van der Waals surface area contributed by atoms with Gasteiger partial charge in [-0.05, 0) is 35.7 Å². The number of carbonyl (C=O) groups excluding carboxylic acids is 1. The molecule has 4 rings (SSSR count). The van der Waals surface area contributed by atoms with Crippen LogP contribution in [0.5, 0.6) is 5.75 Å². The van der Waals surface area contributed by atoms with E-state index in [4.69, 9.17) is 9.47 Å². The summed E-state index contributed by atoms with van der Waals surface area (Å²) in [6.45, 7) is 2.40. The van der Waals surface area contributed by atoms with E-state index in [1.54, 1.807) is 6.92 Å². The predicted octanol–water partition coefficient (Wildman–Crippen LogP) is 5.66. The van der Waals surface area contributed by atoms with Crippen LogP contribution in [-0.2, 0) is 11.3 Å². The summed E-state index contributed by atoms with van der Waals surface area (Å²) in [7, 11) is 0. The molecule has 144 valence electrons. The van der Waals surface area contributed by atoms with Gasteiger partial charge >= 0.3 is 5.97 Å². The SMILES string of the molecule is CCOC(=O)c1nc2cc(-c3ccccc3)ccc2cc1OCc1ccccc1. The minimum Gasteiger partial charge on any atom is -0.486 e. The molecule has 0 saturated carbocycles. The van der Waals surface area contributed by atoms with Gasteiger partial charge in [-0.15, -0.1) is 0 Å². The van der Waals surface area contributed by atoms with Crippen LogP contribution < -0.4 is 4.74 Å². The van der Waals surface area contributed by atoms with Crippen molar-refractivity contribution in [2.45, 2.75) is 13.5 Å². The summed E-state index contributed by atoms with van der Waals surface area (Å²) in [5.74, 6) is -0.0603. The van der Waals surface area contributed by atoms with E-state index in [1.165, 1.54) is 0 Å². The van der Waals surface area contributed by atoms with Gasteiger partial charge in [0.05, 0.1) is 12.1 Å². The monoisotopic (exact) mass is 383 g/mol. The zero-order valence-corrected chi connectivity index (χ0v) is 16.2.